The molecule has 0 radical (unpaired) electrons. The molecule has 1 aliphatic rings. The first-order valence-corrected chi connectivity index (χ1v) is 14.2. The molecule has 1 heterocycles. The number of hydroxylamine groups is 1. The van der Waals surface area contributed by atoms with Gasteiger partial charge in [-0.15, -0.1) is 9.85 Å². The fourth-order valence-corrected chi connectivity index (χ4v) is 5.79. The molecule has 0 aromatic heterocycles. The van der Waals surface area contributed by atoms with Crippen LogP contribution in [-0.4, -0.2) is 83.8 Å². The maximum Gasteiger partial charge on any atom is 0.407 e. The summed E-state index contributed by atoms with van der Waals surface area (Å²) in [5.41, 5.74) is 5.37. The summed E-state index contributed by atoms with van der Waals surface area (Å²) in [7, 11) is -4.00. The van der Waals surface area contributed by atoms with Gasteiger partial charge < -0.3 is 20.2 Å². The topological polar surface area (TPSA) is 184 Å². The zero-order valence-electron chi connectivity index (χ0n) is 21.8. The number of benzene rings is 2. The maximum atomic E-state index is 13.3. The zero-order valence-corrected chi connectivity index (χ0v) is 23.4. The van der Waals surface area contributed by atoms with Gasteiger partial charge in [0, 0.05) is 24.2 Å². The van der Waals surface area contributed by atoms with Crippen molar-refractivity contribution in [2.24, 2.45) is 16.0 Å². The van der Waals surface area contributed by atoms with Gasteiger partial charge in [0.2, 0.25) is 21.8 Å². The largest absolute Gasteiger partial charge is 0.719 e. The van der Waals surface area contributed by atoms with Crippen LogP contribution in [-0.2, 0) is 19.6 Å². The summed E-state index contributed by atoms with van der Waals surface area (Å²) in [5, 5.41) is 23.9. The summed E-state index contributed by atoms with van der Waals surface area (Å²) in [6.45, 7) is 5.86. The van der Waals surface area contributed by atoms with Crippen molar-refractivity contribution in [1.29, 1.82) is 0 Å². The van der Waals surface area contributed by atoms with E-state index < -0.39 is 34.0 Å². The van der Waals surface area contributed by atoms with E-state index in [1.54, 1.807) is 36.1 Å². The van der Waals surface area contributed by atoms with E-state index in [-0.39, 0.29) is 47.8 Å². The van der Waals surface area contributed by atoms with Gasteiger partial charge in [0.15, 0.2) is 0 Å². The molecule has 3 rings (SSSR count). The average Bonchev–Trinajstić information content (AvgIpc) is 3.25. The third-order valence-corrected chi connectivity index (χ3v) is 8.17. The van der Waals surface area contributed by atoms with Gasteiger partial charge in [0.05, 0.1) is 10.2 Å². The standard InChI is InChI=1S/C24H32ClN7O6S/c1-15(2)30(11-4-10-27-24(26)32(36)29-35)22(33)16(3)31-12-9-21(23(31)34)28-39(37,38)20-8-6-17-13-19(25)7-5-18(17)14-20/h5-8,13-16,21,28,35H,4,9-12H2,1-3H3,(H2,26,27)/t16-,21-/m0/s1. The predicted molar refractivity (Wildman–Crippen MR) is 145 cm³/mol. The second-order valence-electron chi connectivity index (χ2n) is 9.40. The van der Waals surface area contributed by atoms with Crippen LogP contribution in [0, 0.1) is 5.21 Å². The van der Waals surface area contributed by atoms with Crippen molar-refractivity contribution in [2.75, 3.05) is 19.6 Å². The summed E-state index contributed by atoms with van der Waals surface area (Å²) < 4.78 is 28.6. The molecule has 0 unspecified atom stereocenters. The Bertz CT molecular complexity index is 1400. The van der Waals surface area contributed by atoms with Crippen molar-refractivity contribution in [3.8, 4) is 0 Å². The molecular formula is C24H32ClN7O6S. The average molecular weight is 582 g/mol. The van der Waals surface area contributed by atoms with Crippen molar-refractivity contribution < 1.29 is 28.1 Å². The number of guanidine groups is 1. The number of carbonyl (C=O) groups is 2. The summed E-state index contributed by atoms with van der Waals surface area (Å²) in [6.07, 6.45) is 0.584. The second kappa shape index (κ2) is 12.6. The number of nitrogens with zero attached hydrogens (tertiary/aromatic N) is 5. The molecule has 1 aliphatic heterocycles. The van der Waals surface area contributed by atoms with Crippen LogP contribution in [0.25, 0.3) is 10.8 Å². The van der Waals surface area contributed by atoms with Crippen molar-refractivity contribution in [2.45, 2.75) is 56.6 Å². The number of carbonyl (C=O) groups excluding carboxylic acids is 2. The van der Waals surface area contributed by atoms with Crippen molar-refractivity contribution in [1.82, 2.24) is 14.5 Å². The molecule has 1 fully saturated rings. The first-order chi connectivity index (χ1) is 18.4. The van der Waals surface area contributed by atoms with Gasteiger partial charge in [-0.25, -0.2) is 8.42 Å². The van der Waals surface area contributed by atoms with E-state index in [2.05, 4.69) is 15.0 Å². The van der Waals surface area contributed by atoms with E-state index in [0.717, 1.165) is 5.39 Å². The van der Waals surface area contributed by atoms with Crippen molar-refractivity contribution >= 4 is 50.2 Å². The molecule has 0 spiro atoms. The van der Waals surface area contributed by atoms with Crippen molar-refractivity contribution in [3.05, 3.63) is 46.6 Å². The highest BCUT2D eigenvalue weighted by molar-refractivity contribution is 7.89. The normalized spacial score (nSPS) is 17.7. The third-order valence-electron chi connectivity index (χ3n) is 6.46. The number of fused-ring (bicyclic) bond motifs is 1. The molecule has 0 aliphatic carbocycles. The van der Waals surface area contributed by atoms with Gasteiger partial charge in [0.25, 0.3) is 0 Å². The minimum Gasteiger partial charge on any atom is -0.719 e. The predicted octanol–water partition coefficient (Wildman–Crippen LogP) is 2.05. The molecule has 2 aromatic rings. The lowest BCUT2D eigenvalue weighted by Gasteiger charge is -2.33. The molecule has 2 atom stereocenters. The van der Waals surface area contributed by atoms with Gasteiger partial charge in [-0.1, -0.05) is 23.7 Å². The van der Waals surface area contributed by atoms with E-state index in [0.29, 0.717) is 16.8 Å². The summed E-state index contributed by atoms with van der Waals surface area (Å²) in [6, 6.07) is 7.73. The Balaban J connectivity index is 1.65. The van der Waals surface area contributed by atoms with Crippen LogP contribution < -0.4 is 10.5 Å². The SMILES string of the molecule is CC(C)N(CCCN=C(N)[N+]([O-])=NO)C(=O)[C@H](C)N1CC[C@H](NS(=O)(=O)c2ccc3cc(Cl)ccc3c2)C1=O. The number of sulfonamides is 1. The van der Waals surface area contributed by atoms with Crippen LogP contribution in [0.2, 0.25) is 5.02 Å². The maximum absolute atomic E-state index is 13.3. The second-order valence-corrected chi connectivity index (χ2v) is 11.6. The first-order valence-electron chi connectivity index (χ1n) is 12.3. The Kier molecular flexibility index (Phi) is 9.69. The lowest BCUT2D eigenvalue weighted by Crippen LogP contribution is -2.52. The Morgan fingerprint density at radius 2 is 1.95 bits per heavy atom. The monoisotopic (exact) mass is 581 g/mol. The Morgan fingerprint density at radius 3 is 2.62 bits per heavy atom. The summed E-state index contributed by atoms with van der Waals surface area (Å²) in [4.78, 5) is 33.0. The minimum absolute atomic E-state index is 0.0229. The van der Waals surface area contributed by atoms with E-state index in [1.807, 2.05) is 13.8 Å². The third kappa shape index (κ3) is 7.13. The number of halogens is 1. The number of hydrogen-bond acceptors (Lipinski definition) is 7. The van der Waals surface area contributed by atoms with E-state index in [1.165, 1.54) is 17.0 Å². The van der Waals surface area contributed by atoms with E-state index >= 15 is 0 Å². The zero-order chi connectivity index (χ0) is 28.9. The number of nitrogens with two attached hydrogens (primary N) is 1. The lowest BCUT2D eigenvalue weighted by molar-refractivity contribution is -0.445. The molecule has 2 amide bonds. The van der Waals surface area contributed by atoms with Gasteiger partial charge in [0.1, 0.15) is 18.6 Å². The molecule has 1 saturated heterocycles. The molecule has 13 nitrogen and oxygen atoms in total. The molecule has 39 heavy (non-hydrogen) atoms. The quantitative estimate of drug-likeness (QED) is 0.0957. The highest BCUT2D eigenvalue weighted by Crippen LogP contribution is 2.24. The molecule has 15 heteroatoms. The van der Waals surface area contributed by atoms with Crippen LogP contribution >= 0.6 is 11.6 Å². The number of rotatable bonds is 10. The molecule has 212 valence electrons. The number of nitrogens with one attached hydrogen (secondary N) is 1. The highest BCUT2D eigenvalue weighted by Gasteiger charge is 2.40. The molecular weight excluding hydrogens is 550 g/mol. The van der Waals surface area contributed by atoms with Gasteiger partial charge >= 0.3 is 5.96 Å². The van der Waals surface area contributed by atoms with Crippen LogP contribution in [0.5, 0.6) is 0 Å². The molecule has 0 saturated carbocycles. The summed E-state index contributed by atoms with van der Waals surface area (Å²) in [5.74, 6) is -1.29. The Morgan fingerprint density at radius 1 is 1.28 bits per heavy atom. The van der Waals surface area contributed by atoms with E-state index in [4.69, 9.17) is 22.5 Å². The van der Waals surface area contributed by atoms with Gasteiger partial charge in [-0.2, -0.15) is 4.72 Å². The molecule has 0 bridgehead atoms. The van der Waals surface area contributed by atoms with Gasteiger partial charge in [-0.3, -0.25) is 15.3 Å². The van der Waals surface area contributed by atoms with Gasteiger partial charge in [-0.05, 0) is 68.7 Å². The Hall–Kier alpha value is -3.49. The molecule has 2 aromatic carbocycles. The number of aliphatic imine (C=N–C) groups is 1. The number of amides is 2. The fourth-order valence-electron chi connectivity index (χ4n) is 4.35. The van der Waals surface area contributed by atoms with E-state index in [9.17, 15) is 23.2 Å². The molecule has 4 N–H and O–H groups in total. The van der Waals surface area contributed by atoms with Crippen LogP contribution in [0.3, 0.4) is 0 Å². The highest BCUT2D eigenvalue weighted by atomic mass is 35.5. The number of hydrogen-bond donors (Lipinski definition) is 3. The smallest absolute Gasteiger partial charge is 0.407 e. The van der Waals surface area contributed by atoms with Crippen LogP contribution in [0.4, 0.5) is 0 Å². The number of likely N-dealkylation sites (tertiary alicyclic amines) is 1. The van der Waals surface area contributed by atoms with Crippen LogP contribution in [0.15, 0.2) is 51.6 Å². The fraction of sp³-hybridized carbons (Fsp3) is 0.458. The van der Waals surface area contributed by atoms with Crippen molar-refractivity contribution in [3.63, 3.8) is 0 Å². The summed E-state index contributed by atoms with van der Waals surface area (Å²) >= 11 is 6.00. The van der Waals surface area contributed by atoms with Crippen LogP contribution in [0.1, 0.15) is 33.6 Å². The Labute approximate surface area is 231 Å². The lowest BCUT2D eigenvalue weighted by atomic mass is 10.1. The minimum atomic E-state index is -4.00. The first kappa shape index (κ1) is 30.1.